The molecule has 0 aliphatic carbocycles. The highest BCUT2D eigenvalue weighted by molar-refractivity contribution is 5.61. The van der Waals surface area contributed by atoms with Crippen LogP contribution in [0.5, 0.6) is 5.75 Å². The Kier molecular flexibility index (Phi) is 5.97. The molecule has 6 nitrogen and oxygen atoms in total. The van der Waals surface area contributed by atoms with E-state index in [0.29, 0.717) is 12.1 Å². The van der Waals surface area contributed by atoms with E-state index in [4.69, 9.17) is 4.84 Å². The van der Waals surface area contributed by atoms with Gasteiger partial charge in [-0.05, 0) is 30.0 Å². The van der Waals surface area contributed by atoms with Gasteiger partial charge in [0.15, 0.2) is 0 Å². The van der Waals surface area contributed by atoms with E-state index in [9.17, 15) is 5.11 Å². The number of nitrogens with one attached hydrogen (secondary N) is 1. The third-order valence-corrected chi connectivity index (χ3v) is 5.23. The number of allylic oxidation sites excluding steroid dienone is 2. The summed E-state index contributed by atoms with van der Waals surface area (Å²) in [5.74, 6) is 0.235. The van der Waals surface area contributed by atoms with E-state index in [1.165, 1.54) is 5.56 Å². The standard InChI is InChI=1S/C23H28N4O2/c1-3-8-19-14-20(9-4-2)22(28)21(15-19)24-27-23(29-27)26-13-12-25(17-26)16-18-10-6-5-7-11-18/h3-7,10-11,14-15,23-24,28H,1-2,8-9,12-13,16-17H2. The summed E-state index contributed by atoms with van der Waals surface area (Å²) in [6.07, 6.45) is 4.87. The highest BCUT2D eigenvalue weighted by Crippen LogP contribution is 2.35. The lowest BCUT2D eigenvalue weighted by Crippen LogP contribution is -2.31. The van der Waals surface area contributed by atoms with Crippen molar-refractivity contribution >= 4 is 5.69 Å². The summed E-state index contributed by atoms with van der Waals surface area (Å²) < 4.78 is 0. The first-order valence-electron chi connectivity index (χ1n) is 9.97. The van der Waals surface area contributed by atoms with Gasteiger partial charge in [-0.3, -0.25) is 10.3 Å². The number of rotatable bonds is 9. The number of phenols is 1. The fraction of sp³-hybridized carbons (Fsp3) is 0.304. The molecule has 2 fully saturated rings. The van der Waals surface area contributed by atoms with E-state index in [1.54, 1.807) is 11.2 Å². The lowest BCUT2D eigenvalue weighted by atomic mass is 10.0. The summed E-state index contributed by atoms with van der Waals surface area (Å²) in [6, 6.07) is 14.4. The predicted octanol–water partition coefficient (Wildman–Crippen LogP) is 3.48. The first-order chi connectivity index (χ1) is 14.2. The Bertz CT molecular complexity index is 871. The molecule has 4 rings (SSSR count). The van der Waals surface area contributed by atoms with Crippen LogP contribution in [0.3, 0.4) is 0 Å². The van der Waals surface area contributed by atoms with E-state index >= 15 is 0 Å². The van der Waals surface area contributed by atoms with E-state index in [0.717, 1.165) is 43.9 Å². The minimum atomic E-state index is -0.124. The molecule has 2 aliphatic rings. The van der Waals surface area contributed by atoms with Gasteiger partial charge in [-0.2, -0.15) is 0 Å². The fourth-order valence-corrected chi connectivity index (χ4v) is 3.75. The van der Waals surface area contributed by atoms with Crippen molar-refractivity contribution < 1.29 is 9.94 Å². The quantitative estimate of drug-likeness (QED) is 0.387. The first-order valence-corrected chi connectivity index (χ1v) is 9.97. The summed E-state index contributed by atoms with van der Waals surface area (Å²) in [5, 5.41) is 12.3. The molecule has 2 aliphatic heterocycles. The van der Waals surface area contributed by atoms with E-state index in [-0.39, 0.29) is 12.1 Å². The summed E-state index contributed by atoms with van der Waals surface area (Å²) in [6.45, 7) is 11.3. The largest absolute Gasteiger partial charge is 0.505 e. The predicted molar refractivity (Wildman–Crippen MR) is 115 cm³/mol. The van der Waals surface area contributed by atoms with Crippen molar-refractivity contribution in [2.75, 3.05) is 25.2 Å². The molecule has 2 unspecified atom stereocenters. The van der Waals surface area contributed by atoms with Gasteiger partial charge in [0.2, 0.25) is 6.35 Å². The number of hydroxylamine groups is 1. The van der Waals surface area contributed by atoms with Gasteiger partial charge in [0.25, 0.3) is 0 Å². The molecule has 2 saturated heterocycles. The highest BCUT2D eigenvalue weighted by Gasteiger charge is 2.45. The molecular weight excluding hydrogens is 364 g/mol. The number of hydrazine groups is 1. The van der Waals surface area contributed by atoms with E-state index in [1.807, 2.05) is 24.3 Å². The van der Waals surface area contributed by atoms with Crippen LogP contribution in [0.25, 0.3) is 0 Å². The maximum absolute atomic E-state index is 10.6. The summed E-state index contributed by atoms with van der Waals surface area (Å²) in [7, 11) is 0. The van der Waals surface area contributed by atoms with Gasteiger partial charge in [-0.1, -0.05) is 53.7 Å². The molecule has 2 heterocycles. The molecule has 0 aromatic heterocycles. The minimum absolute atomic E-state index is 0.124. The molecule has 29 heavy (non-hydrogen) atoms. The van der Waals surface area contributed by atoms with E-state index < -0.39 is 0 Å². The van der Waals surface area contributed by atoms with Crippen molar-refractivity contribution in [2.24, 2.45) is 0 Å². The Balaban J connectivity index is 1.36. The zero-order valence-corrected chi connectivity index (χ0v) is 16.6. The van der Waals surface area contributed by atoms with Crippen LogP contribution >= 0.6 is 0 Å². The second-order valence-corrected chi connectivity index (χ2v) is 7.50. The van der Waals surface area contributed by atoms with Crippen LogP contribution in [-0.4, -0.2) is 46.2 Å². The molecule has 2 aromatic rings. The third kappa shape index (κ3) is 4.68. The fourth-order valence-electron chi connectivity index (χ4n) is 3.75. The number of phenolic OH excluding ortho intramolecular Hbond substituents is 1. The van der Waals surface area contributed by atoms with Crippen LogP contribution in [0.15, 0.2) is 67.8 Å². The summed E-state index contributed by atoms with van der Waals surface area (Å²) in [4.78, 5) is 10.4. The molecule has 2 aromatic carbocycles. The lowest BCUT2D eigenvalue weighted by Gasteiger charge is -2.17. The third-order valence-electron chi connectivity index (χ3n) is 5.23. The monoisotopic (exact) mass is 392 g/mol. The van der Waals surface area contributed by atoms with Crippen molar-refractivity contribution in [2.45, 2.75) is 25.7 Å². The molecule has 0 spiro atoms. The molecule has 152 valence electrons. The normalized spacial score (nSPS) is 21.8. The molecule has 2 N–H and O–H groups in total. The number of anilines is 1. The van der Waals surface area contributed by atoms with E-state index in [2.05, 4.69) is 52.6 Å². The van der Waals surface area contributed by atoms with Gasteiger partial charge in [0, 0.05) is 25.2 Å². The van der Waals surface area contributed by atoms with Crippen LogP contribution < -0.4 is 5.43 Å². The molecule has 0 bridgehead atoms. The second-order valence-electron chi connectivity index (χ2n) is 7.50. The number of aromatic hydroxyl groups is 1. The van der Waals surface area contributed by atoms with Crippen molar-refractivity contribution in [3.8, 4) is 5.75 Å². The zero-order chi connectivity index (χ0) is 20.2. The Morgan fingerprint density at radius 2 is 1.86 bits per heavy atom. The number of hydrogen-bond donors (Lipinski definition) is 2. The summed E-state index contributed by atoms with van der Waals surface area (Å²) >= 11 is 0. The lowest BCUT2D eigenvalue weighted by molar-refractivity contribution is 0.167. The average molecular weight is 393 g/mol. The van der Waals surface area contributed by atoms with Crippen LogP contribution in [0, 0.1) is 0 Å². The Morgan fingerprint density at radius 3 is 2.62 bits per heavy atom. The van der Waals surface area contributed by atoms with Crippen LogP contribution in [0.2, 0.25) is 0 Å². The molecule has 0 amide bonds. The van der Waals surface area contributed by atoms with Crippen molar-refractivity contribution in [3.63, 3.8) is 0 Å². The zero-order valence-electron chi connectivity index (χ0n) is 16.6. The molecule has 0 saturated carbocycles. The van der Waals surface area contributed by atoms with Gasteiger partial charge in [0.05, 0.1) is 12.4 Å². The van der Waals surface area contributed by atoms with Gasteiger partial charge in [-0.25, -0.2) is 9.74 Å². The second kappa shape index (κ2) is 8.80. The number of nitrogens with zero attached hydrogens (tertiary/aromatic N) is 3. The smallest absolute Gasteiger partial charge is 0.233 e. The first kappa shape index (κ1) is 19.7. The molecule has 0 radical (unpaired) electrons. The maximum Gasteiger partial charge on any atom is 0.233 e. The van der Waals surface area contributed by atoms with Crippen molar-refractivity contribution in [1.82, 2.24) is 15.0 Å². The number of benzene rings is 2. The topological polar surface area (TPSA) is 54.3 Å². The maximum atomic E-state index is 10.6. The van der Waals surface area contributed by atoms with Crippen LogP contribution in [0.4, 0.5) is 5.69 Å². The summed E-state index contributed by atoms with van der Waals surface area (Å²) in [5.41, 5.74) is 7.10. The van der Waals surface area contributed by atoms with Gasteiger partial charge in [0.1, 0.15) is 5.75 Å². The van der Waals surface area contributed by atoms with Crippen molar-refractivity contribution in [3.05, 3.63) is 84.5 Å². The van der Waals surface area contributed by atoms with Gasteiger partial charge in [-0.15, -0.1) is 13.2 Å². The molecule has 6 heteroatoms. The molecular formula is C23H28N4O2. The Morgan fingerprint density at radius 1 is 1.07 bits per heavy atom. The van der Waals surface area contributed by atoms with Crippen LogP contribution in [-0.2, 0) is 24.2 Å². The average Bonchev–Trinajstić information content (AvgIpc) is 3.33. The minimum Gasteiger partial charge on any atom is -0.505 e. The van der Waals surface area contributed by atoms with Crippen molar-refractivity contribution in [1.29, 1.82) is 0 Å². The Labute approximate surface area is 172 Å². The van der Waals surface area contributed by atoms with Gasteiger partial charge < -0.3 is 5.11 Å². The SMILES string of the molecule is C=CCc1cc(CC=C)c(O)c(NN2OC2N2CCN(Cc3ccccc3)C2)c1. The number of hydrogen-bond acceptors (Lipinski definition) is 6. The highest BCUT2D eigenvalue weighted by atomic mass is 16.9. The molecule has 2 atom stereocenters. The van der Waals surface area contributed by atoms with Gasteiger partial charge >= 0.3 is 0 Å². The Hall–Kier alpha value is -2.64. The van der Waals surface area contributed by atoms with Crippen LogP contribution in [0.1, 0.15) is 16.7 Å².